The Bertz CT molecular complexity index is 1010. The van der Waals surface area contributed by atoms with Crippen LogP contribution in [-0.2, 0) is 16.0 Å². The van der Waals surface area contributed by atoms with Crippen LogP contribution in [0, 0.1) is 0 Å². The number of aryl methyl sites for hydroxylation is 1. The Balaban J connectivity index is 0.000000440. The van der Waals surface area contributed by atoms with Crippen molar-refractivity contribution in [2.24, 2.45) is 0 Å². The third kappa shape index (κ3) is 9.20. The number of benzene rings is 2. The minimum absolute atomic E-state index is 0.558. The molecule has 0 aliphatic carbocycles. The van der Waals surface area contributed by atoms with E-state index in [2.05, 4.69) is 74.5 Å². The lowest BCUT2D eigenvalue weighted by Crippen LogP contribution is -2.12. The molecule has 0 saturated carbocycles. The Hall–Kier alpha value is -2.83. The van der Waals surface area contributed by atoms with Crippen LogP contribution in [0.3, 0.4) is 0 Å². The summed E-state index contributed by atoms with van der Waals surface area (Å²) in [6.07, 6.45) is 11.1. The molecule has 6 heteroatoms. The maximum absolute atomic E-state index is 9.55. The summed E-state index contributed by atoms with van der Waals surface area (Å²) in [5.74, 6) is -2.51. The van der Waals surface area contributed by atoms with Gasteiger partial charge in [0, 0.05) is 28.5 Å². The van der Waals surface area contributed by atoms with Gasteiger partial charge < -0.3 is 15.1 Å². The quantitative estimate of drug-likeness (QED) is 0.259. The van der Waals surface area contributed by atoms with Gasteiger partial charge in [0.15, 0.2) is 0 Å². The molecule has 182 valence electrons. The van der Waals surface area contributed by atoms with Gasteiger partial charge in [0.1, 0.15) is 0 Å². The number of carboxylic acid groups (broad SMARTS) is 2. The summed E-state index contributed by atoms with van der Waals surface area (Å²) >= 11 is 1.92. The number of hydrogen-bond donors (Lipinski definition) is 2. The second-order valence-corrected chi connectivity index (χ2v) is 9.54. The van der Waals surface area contributed by atoms with Crippen LogP contribution in [0.15, 0.2) is 70.5 Å². The Morgan fingerprint density at radius 2 is 1.59 bits per heavy atom. The van der Waals surface area contributed by atoms with Gasteiger partial charge in [-0.15, -0.1) is 0 Å². The van der Waals surface area contributed by atoms with Crippen molar-refractivity contribution in [3.05, 3.63) is 77.4 Å². The number of rotatable bonds is 10. The zero-order valence-corrected chi connectivity index (χ0v) is 21.1. The van der Waals surface area contributed by atoms with E-state index in [0.717, 1.165) is 13.0 Å². The lowest BCUT2D eigenvalue weighted by atomic mass is 9.93. The molecule has 2 aromatic carbocycles. The number of hydrogen-bond acceptors (Lipinski definition) is 4. The second kappa shape index (κ2) is 14.4. The first kappa shape index (κ1) is 27.4. The Kier molecular flexibility index (Phi) is 11.6. The van der Waals surface area contributed by atoms with Gasteiger partial charge >= 0.3 is 11.9 Å². The molecule has 0 bridgehead atoms. The van der Waals surface area contributed by atoms with Gasteiger partial charge in [-0.25, -0.2) is 9.59 Å². The van der Waals surface area contributed by atoms with Crippen LogP contribution in [0.5, 0.6) is 0 Å². The summed E-state index contributed by atoms with van der Waals surface area (Å²) in [5, 5.41) is 15.6. The highest BCUT2D eigenvalue weighted by atomic mass is 32.2. The van der Waals surface area contributed by atoms with Gasteiger partial charge in [-0.1, -0.05) is 74.4 Å². The fourth-order valence-electron chi connectivity index (χ4n) is 3.66. The van der Waals surface area contributed by atoms with E-state index >= 15 is 0 Å². The number of nitrogens with zero attached hydrogens (tertiary/aromatic N) is 1. The average molecular weight is 482 g/mol. The SMILES string of the molecule is CCCCCCc1ccc2c(c1)/C(=C\CCN(C)C)c1ccccc1S2.O=C(O)/C=C/C(=O)O. The molecule has 1 heterocycles. The minimum atomic E-state index is -1.26. The summed E-state index contributed by atoms with van der Waals surface area (Å²) in [6, 6.07) is 16.0. The predicted octanol–water partition coefficient (Wildman–Crippen LogP) is 6.37. The molecule has 0 unspecified atom stereocenters. The summed E-state index contributed by atoms with van der Waals surface area (Å²) in [4.78, 5) is 24.1. The molecule has 0 radical (unpaired) electrons. The molecule has 0 aromatic heterocycles. The third-order valence-electron chi connectivity index (χ3n) is 5.34. The fraction of sp³-hybridized carbons (Fsp3) is 0.357. The lowest BCUT2D eigenvalue weighted by molar-refractivity contribution is -0.134. The van der Waals surface area contributed by atoms with E-state index in [1.165, 1.54) is 64.2 Å². The van der Waals surface area contributed by atoms with Crippen molar-refractivity contribution < 1.29 is 19.8 Å². The van der Waals surface area contributed by atoms with E-state index in [-0.39, 0.29) is 0 Å². The van der Waals surface area contributed by atoms with Gasteiger partial charge in [-0.3, -0.25) is 0 Å². The monoisotopic (exact) mass is 481 g/mol. The highest BCUT2D eigenvalue weighted by Gasteiger charge is 2.20. The molecular weight excluding hydrogens is 446 g/mol. The molecule has 0 saturated heterocycles. The highest BCUT2D eigenvalue weighted by Crippen LogP contribution is 2.45. The number of aliphatic carboxylic acids is 2. The molecule has 3 rings (SSSR count). The first-order chi connectivity index (χ1) is 16.3. The molecular formula is C28H35NO4S. The van der Waals surface area contributed by atoms with Crippen LogP contribution < -0.4 is 0 Å². The van der Waals surface area contributed by atoms with E-state index < -0.39 is 11.9 Å². The van der Waals surface area contributed by atoms with Crippen molar-refractivity contribution in [1.29, 1.82) is 0 Å². The highest BCUT2D eigenvalue weighted by molar-refractivity contribution is 7.99. The van der Waals surface area contributed by atoms with Crippen LogP contribution in [0.1, 0.15) is 55.7 Å². The van der Waals surface area contributed by atoms with Crippen molar-refractivity contribution in [3.8, 4) is 0 Å². The smallest absolute Gasteiger partial charge is 0.328 e. The van der Waals surface area contributed by atoms with Gasteiger partial charge in [0.2, 0.25) is 0 Å². The third-order valence-corrected chi connectivity index (χ3v) is 6.50. The summed E-state index contributed by atoms with van der Waals surface area (Å²) in [5.41, 5.74) is 5.73. The Labute approximate surface area is 207 Å². The summed E-state index contributed by atoms with van der Waals surface area (Å²) < 4.78 is 0. The Morgan fingerprint density at radius 3 is 2.24 bits per heavy atom. The fourth-order valence-corrected chi connectivity index (χ4v) is 4.75. The molecule has 1 aliphatic rings. The molecule has 34 heavy (non-hydrogen) atoms. The number of unbranched alkanes of at least 4 members (excludes halogenated alkanes) is 3. The van der Waals surface area contributed by atoms with E-state index in [4.69, 9.17) is 10.2 Å². The summed E-state index contributed by atoms with van der Waals surface area (Å²) in [6.45, 7) is 3.36. The normalized spacial score (nSPS) is 13.4. The van der Waals surface area contributed by atoms with E-state index in [0.29, 0.717) is 12.2 Å². The first-order valence-electron chi connectivity index (χ1n) is 11.7. The first-order valence-corrected chi connectivity index (χ1v) is 12.5. The molecule has 0 spiro atoms. The maximum atomic E-state index is 9.55. The van der Waals surface area contributed by atoms with Gasteiger partial charge in [0.25, 0.3) is 0 Å². The van der Waals surface area contributed by atoms with Crippen molar-refractivity contribution in [2.45, 2.75) is 55.2 Å². The largest absolute Gasteiger partial charge is 0.478 e. The standard InChI is InChI=1S/C24H31NS.C4H4O4/c1-4-5-6-7-11-19-15-16-24-22(18-19)20(13-10-17-25(2)3)21-12-8-9-14-23(21)26-24;5-3(6)1-2-4(7)8/h8-9,12-16,18H,4-7,10-11,17H2,1-3H3;1-2H,(H,5,6)(H,7,8)/b20-13-;2-1+. The molecule has 0 fully saturated rings. The van der Waals surface area contributed by atoms with Crippen molar-refractivity contribution in [1.82, 2.24) is 4.90 Å². The van der Waals surface area contributed by atoms with E-state index in [1.807, 2.05) is 11.8 Å². The minimum Gasteiger partial charge on any atom is -0.478 e. The van der Waals surface area contributed by atoms with Crippen LogP contribution in [0.2, 0.25) is 0 Å². The molecule has 5 nitrogen and oxygen atoms in total. The molecule has 0 atom stereocenters. The van der Waals surface area contributed by atoms with Gasteiger partial charge in [0.05, 0.1) is 0 Å². The second-order valence-electron chi connectivity index (χ2n) is 8.46. The molecule has 2 aromatic rings. The van der Waals surface area contributed by atoms with Crippen molar-refractivity contribution in [3.63, 3.8) is 0 Å². The number of carboxylic acids is 2. The Morgan fingerprint density at radius 1 is 0.912 bits per heavy atom. The van der Waals surface area contributed by atoms with Gasteiger partial charge in [-0.05, 0) is 67.8 Å². The van der Waals surface area contributed by atoms with Crippen LogP contribution in [0.4, 0.5) is 0 Å². The summed E-state index contributed by atoms with van der Waals surface area (Å²) in [7, 11) is 4.29. The van der Waals surface area contributed by atoms with E-state index in [1.54, 1.807) is 0 Å². The topological polar surface area (TPSA) is 77.8 Å². The van der Waals surface area contributed by atoms with Crippen LogP contribution in [-0.4, -0.2) is 47.7 Å². The lowest BCUT2D eigenvalue weighted by Gasteiger charge is -2.23. The number of carbonyl (C=O) groups is 2. The zero-order chi connectivity index (χ0) is 24.9. The van der Waals surface area contributed by atoms with E-state index in [9.17, 15) is 9.59 Å². The predicted molar refractivity (Wildman–Crippen MR) is 140 cm³/mol. The van der Waals surface area contributed by atoms with Crippen molar-refractivity contribution >= 4 is 29.3 Å². The van der Waals surface area contributed by atoms with Gasteiger partial charge in [-0.2, -0.15) is 0 Å². The van der Waals surface area contributed by atoms with Crippen molar-refractivity contribution in [2.75, 3.05) is 20.6 Å². The zero-order valence-electron chi connectivity index (χ0n) is 20.3. The van der Waals surface area contributed by atoms with Crippen LogP contribution >= 0.6 is 11.8 Å². The molecule has 2 N–H and O–H groups in total. The van der Waals surface area contributed by atoms with Crippen LogP contribution in [0.25, 0.3) is 5.57 Å². The maximum Gasteiger partial charge on any atom is 0.328 e. The number of fused-ring (bicyclic) bond motifs is 2. The average Bonchev–Trinajstić information content (AvgIpc) is 2.80. The molecule has 0 amide bonds. The molecule has 1 aliphatic heterocycles.